The Morgan fingerprint density at radius 3 is 3.00 bits per heavy atom. The molecule has 1 aliphatic rings. The van der Waals surface area contributed by atoms with E-state index in [1.165, 1.54) is 6.42 Å². The van der Waals surface area contributed by atoms with Crippen LogP contribution in [0.2, 0.25) is 0 Å². The number of carbonyl (C=O) groups excluding carboxylic acids is 1. The predicted octanol–water partition coefficient (Wildman–Crippen LogP) is 2.97. The molecule has 2 unspecified atom stereocenters. The number of urea groups is 1. The van der Waals surface area contributed by atoms with E-state index in [2.05, 4.69) is 12.2 Å². The number of hydrogen-bond donors (Lipinski definition) is 2. The van der Waals surface area contributed by atoms with Gasteiger partial charge in [0, 0.05) is 24.8 Å². The van der Waals surface area contributed by atoms with Crippen LogP contribution in [0.25, 0.3) is 0 Å². The number of hydrogen-bond acceptors (Lipinski definition) is 2. The largest absolute Gasteiger partial charge is 0.324 e. The molecule has 19 heavy (non-hydrogen) atoms. The third-order valence-corrected chi connectivity index (χ3v) is 3.61. The first-order valence-electron chi connectivity index (χ1n) is 6.97. The molecule has 0 aliphatic carbocycles. The van der Waals surface area contributed by atoms with Crippen molar-refractivity contribution in [1.29, 1.82) is 0 Å². The van der Waals surface area contributed by atoms with E-state index in [0.717, 1.165) is 30.8 Å². The van der Waals surface area contributed by atoms with Gasteiger partial charge in [-0.1, -0.05) is 19.1 Å². The first-order valence-corrected chi connectivity index (χ1v) is 6.97. The number of likely N-dealkylation sites (tertiary alicyclic amines) is 1. The molecule has 1 aromatic carbocycles. The highest BCUT2D eigenvalue weighted by Crippen LogP contribution is 2.19. The SMILES string of the molecule is CC1CCCN(C(=O)Nc2cccc(C(C)N)c2)C1. The lowest BCUT2D eigenvalue weighted by molar-refractivity contribution is 0.182. The van der Waals surface area contributed by atoms with E-state index >= 15 is 0 Å². The zero-order chi connectivity index (χ0) is 13.8. The highest BCUT2D eigenvalue weighted by atomic mass is 16.2. The summed E-state index contributed by atoms with van der Waals surface area (Å²) >= 11 is 0. The number of nitrogens with two attached hydrogens (primary N) is 1. The number of nitrogens with zero attached hydrogens (tertiary/aromatic N) is 1. The van der Waals surface area contributed by atoms with Gasteiger partial charge < -0.3 is 16.0 Å². The maximum atomic E-state index is 12.2. The Bertz CT molecular complexity index is 445. The molecule has 0 bridgehead atoms. The van der Waals surface area contributed by atoms with Crippen LogP contribution in [0.15, 0.2) is 24.3 Å². The number of benzene rings is 1. The maximum Gasteiger partial charge on any atom is 0.321 e. The molecule has 2 atom stereocenters. The van der Waals surface area contributed by atoms with E-state index in [4.69, 9.17) is 5.73 Å². The van der Waals surface area contributed by atoms with Gasteiger partial charge in [0.15, 0.2) is 0 Å². The van der Waals surface area contributed by atoms with E-state index in [-0.39, 0.29) is 12.1 Å². The lowest BCUT2D eigenvalue weighted by atomic mass is 10.0. The summed E-state index contributed by atoms with van der Waals surface area (Å²) in [5.41, 5.74) is 7.70. The topological polar surface area (TPSA) is 58.4 Å². The van der Waals surface area contributed by atoms with Crippen LogP contribution in [0.4, 0.5) is 10.5 Å². The van der Waals surface area contributed by atoms with Crippen LogP contribution in [-0.2, 0) is 0 Å². The van der Waals surface area contributed by atoms with Gasteiger partial charge in [-0.2, -0.15) is 0 Å². The van der Waals surface area contributed by atoms with Gasteiger partial charge in [0.25, 0.3) is 0 Å². The zero-order valence-corrected chi connectivity index (χ0v) is 11.7. The van der Waals surface area contributed by atoms with Crippen molar-refractivity contribution in [2.45, 2.75) is 32.7 Å². The summed E-state index contributed by atoms with van der Waals surface area (Å²) in [5.74, 6) is 0.592. The Balaban J connectivity index is 2.00. The summed E-state index contributed by atoms with van der Waals surface area (Å²) in [6, 6.07) is 7.71. The number of nitrogens with one attached hydrogen (secondary N) is 1. The minimum atomic E-state index is -0.0214. The van der Waals surface area contributed by atoms with Gasteiger partial charge >= 0.3 is 6.03 Å². The molecule has 4 nitrogen and oxygen atoms in total. The van der Waals surface area contributed by atoms with E-state index in [1.807, 2.05) is 36.1 Å². The summed E-state index contributed by atoms with van der Waals surface area (Å²) in [7, 11) is 0. The molecule has 1 fully saturated rings. The van der Waals surface area contributed by atoms with Crippen LogP contribution in [-0.4, -0.2) is 24.0 Å². The van der Waals surface area contributed by atoms with E-state index in [0.29, 0.717) is 5.92 Å². The fraction of sp³-hybridized carbons (Fsp3) is 0.533. The first-order chi connectivity index (χ1) is 9.06. The molecule has 1 aromatic rings. The van der Waals surface area contributed by atoms with Crippen LogP contribution >= 0.6 is 0 Å². The summed E-state index contributed by atoms with van der Waals surface area (Å²) in [6.07, 6.45) is 2.30. The third kappa shape index (κ3) is 3.70. The minimum absolute atomic E-state index is 0.00613. The van der Waals surface area contributed by atoms with Crippen LogP contribution in [0.1, 0.15) is 38.3 Å². The average molecular weight is 261 g/mol. The van der Waals surface area contributed by atoms with Crippen LogP contribution < -0.4 is 11.1 Å². The number of carbonyl (C=O) groups is 1. The molecular weight excluding hydrogens is 238 g/mol. The molecular formula is C15H23N3O. The van der Waals surface area contributed by atoms with Gasteiger partial charge in [-0.05, 0) is 43.4 Å². The predicted molar refractivity (Wildman–Crippen MR) is 78.0 cm³/mol. The Morgan fingerprint density at radius 1 is 1.53 bits per heavy atom. The Hall–Kier alpha value is -1.55. The molecule has 0 aromatic heterocycles. The Kier molecular flexibility index (Phi) is 4.43. The van der Waals surface area contributed by atoms with E-state index in [1.54, 1.807) is 0 Å². The molecule has 1 aliphatic heterocycles. The Morgan fingerprint density at radius 2 is 2.32 bits per heavy atom. The van der Waals surface area contributed by atoms with Crippen LogP contribution in [0.5, 0.6) is 0 Å². The summed E-state index contributed by atoms with van der Waals surface area (Å²) < 4.78 is 0. The minimum Gasteiger partial charge on any atom is -0.324 e. The average Bonchev–Trinajstić information content (AvgIpc) is 2.39. The van der Waals surface area contributed by atoms with Crippen molar-refractivity contribution in [2.75, 3.05) is 18.4 Å². The number of rotatable bonds is 2. The van der Waals surface area contributed by atoms with Gasteiger partial charge in [0.05, 0.1) is 0 Å². The van der Waals surface area contributed by atoms with Crippen molar-refractivity contribution in [2.24, 2.45) is 11.7 Å². The van der Waals surface area contributed by atoms with Crippen molar-refractivity contribution < 1.29 is 4.79 Å². The molecule has 0 saturated carbocycles. The van der Waals surface area contributed by atoms with Crippen molar-refractivity contribution >= 4 is 11.7 Å². The first kappa shape index (κ1) is 13.9. The van der Waals surface area contributed by atoms with E-state index in [9.17, 15) is 4.79 Å². The second-order valence-electron chi connectivity index (χ2n) is 5.54. The van der Waals surface area contributed by atoms with Gasteiger partial charge in [-0.15, -0.1) is 0 Å². The lowest BCUT2D eigenvalue weighted by Gasteiger charge is -2.31. The number of amides is 2. The molecule has 104 valence electrons. The highest BCUT2D eigenvalue weighted by Gasteiger charge is 2.20. The fourth-order valence-electron chi connectivity index (χ4n) is 2.48. The normalized spacial score (nSPS) is 21.0. The van der Waals surface area contributed by atoms with Gasteiger partial charge in [-0.3, -0.25) is 0 Å². The van der Waals surface area contributed by atoms with Gasteiger partial charge in [0.2, 0.25) is 0 Å². The molecule has 0 radical (unpaired) electrons. The molecule has 2 amide bonds. The molecule has 1 saturated heterocycles. The fourth-order valence-corrected chi connectivity index (χ4v) is 2.48. The van der Waals surface area contributed by atoms with E-state index < -0.39 is 0 Å². The zero-order valence-electron chi connectivity index (χ0n) is 11.7. The van der Waals surface area contributed by atoms with Crippen molar-refractivity contribution in [3.05, 3.63) is 29.8 Å². The van der Waals surface area contributed by atoms with Gasteiger partial charge in [-0.25, -0.2) is 4.79 Å². The monoisotopic (exact) mass is 261 g/mol. The smallest absolute Gasteiger partial charge is 0.321 e. The molecule has 4 heteroatoms. The second-order valence-corrected chi connectivity index (χ2v) is 5.54. The molecule has 3 N–H and O–H groups in total. The van der Waals surface area contributed by atoms with Crippen molar-refractivity contribution in [3.63, 3.8) is 0 Å². The molecule has 1 heterocycles. The highest BCUT2D eigenvalue weighted by molar-refractivity contribution is 5.89. The van der Waals surface area contributed by atoms with Gasteiger partial charge in [0.1, 0.15) is 0 Å². The van der Waals surface area contributed by atoms with Crippen LogP contribution in [0, 0.1) is 5.92 Å². The third-order valence-electron chi connectivity index (χ3n) is 3.61. The number of piperidine rings is 1. The standard InChI is InChI=1S/C15H23N3O/c1-11-5-4-8-18(10-11)15(19)17-14-7-3-6-13(9-14)12(2)16/h3,6-7,9,11-12H,4-5,8,10,16H2,1-2H3,(H,17,19). The second kappa shape index (κ2) is 6.06. The summed E-state index contributed by atoms with van der Waals surface area (Å²) in [5, 5.41) is 2.96. The van der Waals surface area contributed by atoms with Crippen molar-refractivity contribution in [1.82, 2.24) is 4.90 Å². The number of anilines is 1. The maximum absolute atomic E-state index is 12.2. The van der Waals surface area contributed by atoms with Crippen LogP contribution in [0.3, 0.4) is 0 Å². The summed E-state index contributed by atoms with van der Waals surface area (Å²) in [4.78, 5) is 14.1. The van der Waals surface area contributed by atoms with Crippen molar-refractivity contribution in [3.8, 4) is 0 Å². The summed E-state index contributed by atoms with van der Waals surface area (Å²) in [6.45, 7) is 5.82. The molecule has 2 rings (SSSR count). The Labute approximate surface area is 115 Å². The quantitative estimate of drug-likeness (QED) is 0.860. The molecule has 0 spiro atoms. The lowest BCUT2D eigenvalue weighted by Crippen LogP contribution is -2.41.